The van der Waals surface area contributed by atoms with E-state index in [0.717, 1.165) is 11.1 Å². The number of hydrogen-bond donors (Lipinski definition) is 1. The zero-order valence-corrected chi connectivity index (χ0v) is 18.4. The molecule has 2 aromatic heterocycles. The fourth-order valence-electron chi connectivity index (χ4n) is 3.95. The van der Waals surface area contributed by atoms with Crippen molar-refractivity contribution in [3.05, 3.63) is 47.9 Å². The number of aromatic nitrogens is 2. The number of piperazine rings is 1. The fraction of sp³-hybridized carbons (Fsp3) is 0.348. The fourth-order valence-corrected chi connectivity index (χ4v) is 3.95. The molecule has 4 rings (SSSR count). The molecule has 2 amide bonds. The number of fused-ring (bicyclic) bond motifs is 1. The molecule has 0 aliphatic carbocycles. The van der Waals surface area contributed by atoms with E-state index in [-0.39, 0.29) is 18.2 Å². The molecule has 0 bridgehead atoms. The summed E-state index contributed by atoms with van der Waals surface area (Å²) in [7, 11) is 4.66. The van der Waals surface area contributed by atoms with Crippen LogP contribution in [0.25, 0.3) is 10.9 Å². The van der Waals surface area contributed by atoms with Crippen LogP contribution in [0, 0.1) is 0 Å². The van der Waals surface area contributed by atoms with Crippen molar-refractivity contribution in [3.8, 4) is 17.2 Å². The van der Waals surface area contributed by atoms with E-state index in [9.17, 15) is 9.59 Å². The van der Waals surface area contributed by atoms with Crippen LogP contribution in [0.1, 0.15) is 16.2 Å². The number of benzene rings is 1. The maximum Gasteiger partial charge on any atom is 0.270 e. The van der Waals surface area contributed by atoms with Gasteiger partial charge in [0.05, 0.1) is 33.3 Å². The summed E-state index contributed by atoms with van der Waals surface area (Å²) in [6, 6.07) is 9.02. The van der Waals surface area contributed by atoms with E-state index >= 15 is 0 Å². The first kappa shape index (κ1) is 21.5. The Kier molecular flexibility index (Phi) is 6.16. The summed E-state index contributed by atoms with van der Waals surface area (Å²) in [5, 5.41) is 0.734. The number of H-pyrrole nitrogens is 1. The van der Waals surface area contributed by atoms with Crippen LogP contribution in [0.4, 0.5) is 0 Å². The third-order valence-electron chi connectivity index (χ3n) is 5.65. The van der Waals surface area contributed by atoms with Crippen molar-refractivity contribution in [2.45, 2.75) is 6.42 Å². The number of hydrogen-bond acceptors (Lipinski definition) is 6. The van der Waals surface area contributed by atoms with E-state index < -0.39 is 0 Å². The molecule has 1 saturated heterocycles. The Balaban J connectivity index is 1.48. The van der Waals surface area contributed by atoms with E-state index in [4.69, 9.17) is 14.2 Å². The first-order valence-corrected chi connectivity index (χ1v) is 10.3. The molecule has 3 aromatic rings. The highest BCUT2D eigenvalue weighted by atomic mass is 16.5. The van der Waals surface area contributed by atoms with Gasteiger partial charge >= 0.3 is 0 Å². The second kappa shape index (κ2) is 9.17. The normalized spacial score (nSPS) is 13.8. The first-order valence-electron chi connectivity index (χ1n) is 10.3. The van der Waals surface area contributed by atoms with E-state index in [0.29, 0.717) is 54.6 Å². The van der Waals surface area contributed by atoms with Gasteiger partial charge in [0, 0.05) is 49.5 Å². The minimum absolute atomic E-state index is 0.0166. The molecule has 1 aliphatic heterocycles. The van der Waals surface area contributed by atoms with Crippen LogP contribution in [-0.2, 0) is 11.2 Å². The summed E-state index contributed by atoms with van der Waals surface area (Å²) < 4.78 is 16.3. The molecule has 1 aliphatic rings. The number of nitrogens with zero attached hydrogens (tertiary/aromatic N) is 3. The van der Waals surface area contributed by atoms with Gasteiger partial charge in [-0.25, -0.2) is 0 Å². The molecule has 0 unspecified atom stereocenters. The summed E-state index contributed by atoms with van der Waals surface area (Å²) in [6.07, 6.45) is 1.94. The number of pyridine rings is 1. The van der Waals surface area contributed by atoms with E-state index in [1.165, 1.54) is 0 Å². The molecule has 9 heteroatoms. The van der Waals surface area contributed by atoms with Crippen molar-refractivity contribution in [1.29, 1.82) is 0 Å². The quantitative estimate of drug-likeness (QED) is 0.633. The molecular formula is C23H26N4O5. The molecule has 1 N–H and O–H groups in total. The van der Waals surface area contributed by atoms with Gasteiger partial charge in [0.2, 0.25) is 5.91 Å². The van der Waals surface area contributed by atoms with Gasteiger partial charge in [-0.1, -0.05) is 6.07 Å². The Hall–Kier alpha value is -3.75. The van der Waals surface area contributed by atoms with Crippen molar-refractivity contribution in [2.24, 2.45) is 0 Å². The Morgan fingerprint density at radius 3 is 2.31 bits per heavy atom. The third-order valence-corrected chi connectivity index (χ3v) is 5.65. The number of nitrogens with one attached hydrogen (secondary N) is 1. The molecule has 0 radical (unpaired) electrons. The Morgan fingerprint density at radius 2 is 1.69 bits per heavy atom. The molecule has 1 aromatic carbocycles. The lowest BCUT2D eigenvalue weighted by molar-refractivity contribution is -0.132. The van der Waals surface area contributed by atoms with Crippen LogP contribution in [0.5, 0.6) is 17.2 Å². The predicted molar refractivity (Wildman–Crippen MR) is 118 cm³/mol. The molecule has 168 valence electrons. The van der Waals surface area contributed by atoms with Gasteiger partial charge in [0.15, 0.2) is 11.5 Å². The molecule has 0 spiro atoms. The minimum atomic E-state index is -0.138. The van der Waals surface area contributed by atoms with Crippen molar-refractivity contribution < 1.29 is 23.8 Å². The lowest BCUT2D eigenvalue weighted by atomic mass is 10.2. The van der Waals surface area contributed by atoms with Crippen LogP contribution in [0.15, 0.2) is 36.5 Å². The lowest BCUT2D eigenvalue weighted by Gasteiger charge is -2.34. The molecular weight excluding hydrogens is 412 g/mol. The summed E-state index contributed by atoms with van der Waals surface area (Å²) in [5.41, 5.74) is 1.81. The molecule has 32 heavy (non-hydrogen) atoms. The average molecular weight is 438 g/mol. The highest BCUT2D eigenvalue weighted by molar-refractivity contribution is 6.02. The highest BCUT2D eigenvalue weighted by Crippen LogP contribution is 2.41. The van der Waals surface area contributed by atoms with Crippen LogP contribution < -0.4 is 14.2 Å². The summed E-state index contributed by atoms with van der Waals surface area (Å²) in [4.78, 5) is 36.6. The van der Waals surface area contributed by atoms with Crippen LogP contribution in [-0.4, -0.2) is 79.1 Å². The summed E-state index contributed by atoms with van der Waals surface area (Å²) in [6.45, 7) is 1.88. The second-order valence-electron chi connectivity index (χ2n) is 7.46. The Morgan fingerprint density at radius 1 is 0.969 bits per heavy atom. The maximum absolute atomic E-state index is 13.2. The second-order valence-corrected chi connectivity index (χ2v) is 7.46. The monoisotopic (exact) mass is 438 g/mol. The third kappa shape index (κ3) is 4.05. The lowest BCUT2D eigenvalue weighted by Crippen LogP contribution is -2.51. The number of carbonyl (C=O) groups excluding carboxylic acids is 2. The molecule has 0 saturated carbocycles. The maximum atomic E-state index is 13.2. The smallest absolute Gasteiger partial charge is 0.270 e. The van der Waals surface area contributed by atoms with E-state index in [1.807, 2.05) is 18.2 Å². The van der Waals surface area contributed by atoms with Crippen molar-refractivity contribution in [2.75, 3.05) is 47.5 Å². The van der Waals surface area contributed by atoms with Gasteiger partial charge in [-0.15, -0.1) is 0 Å². The Labute approximate surface area is 185 Å². The van der Waals surface area contributed by atoms with Crippen LogP contribution in [0.3, 0.4) is 0 Å². The largest absolute Gasteiger partial charge is 0.496 e. The SMILES string of the molecule is COc1cc(OC)c2cc(C(=O)N3CCN(C(=O)Cc4ccccn4)CC3)[nH]c2c1OC. The van der Waals surface area contributed by atoms with Crippen molar-refractivity contribution >= 4 is 22.7 Å². The topological polar surface area (TPSA) is 97.0 Å². The minimum Gasteiger partial charge on any atom is -0.496 e. The van der Waals surface area contributed by atoms with Gasteiger partial charge in [-0.05, 0) is 18.2 Å². The summed E-state index contributed by atoms with van der Waals surface area (Å²) in [5.74, 6) is 1.48. The predicted octanol–water partition coefficient (Wildman–Crippen LogP) is 2.12. The first-order chi connectivity index (χ1) is 15.5. The number of carbonyl (C=O) groups is 2. The van der Waals surface area contributed by atoms with Gasteiger partial charge in [-0.3, -0.25) is 14.6 Å². The van der Waals surface area contributed by atoms with Crippen LogP contribution in [0.2, 0.25) is 0 Å². The molecule has 1 fully saturated rings. The van der Waals surface area contributed by atoms with E-state index in [2.05, 4.69) is 9.97 Å². The molecule has 3 heterocycles. The Bertz CT molecular complexity index is 1120. The van der Waals surface area contributed by atoms with Gasteiger partial charge in [0.1, 0.15) is 11.4 Å². The molecule has 9 nitrogen and oxygen atoms in total. The zero-order chi connectivity index (χ0) is 22.7. The van der Waals surface area contributed by atoms with Crippen LogP contribution >= 0.6 is 0 Å². The number of amides is 2. The standard InChI is InChI=1S/C23H26N4O5/c1-30-18-14-19(31-2)22(32-3)21-16(18)13-17(25-21)23(29)27-10-8-26(9-11-27)20(28)12-15-6-4-5-7-24-15/h4-7,13-14,25H,8-12H2,1-3H3. The zero-order valence-electron chi connectivity index (χ0n) is 18.4. The molecule has 0 atom stereocenters. The van der Waals surface area contributed by atoms with E-state index in [1.54, 1.807) is 49.5 Å². The van der Waals surface area contributed by atoms with Gasteiger partial charge in [0.25, 0.3) is 5.91 Å². The average Bonchev–Trinajstić information content (AvgIpc) is 3.28. The number of aromatic amines is 1. The number of methoxy groups -OCH3 is 3. The number of ether oxygens (including phenoxy) is 3. The van der Waals surface area contributed by atoms with Crippen molar-refractivity contribution in [3.63, 3.8) is 0 Å². The number of rotatable bonds is 6. The van der Waals surface area contributed by atoms with Gasteiger partial charge in [-0.2, -0.15) is 0 Å². The van der Waals surface area contributed by atoms with Crippen molar-refractivity contribution in [1.82, 2.24) is 19.8 Å². The summed E-state index contributed by atoms with van der Waals surface area (Å²) >= 11 is 0. The highest BCUT2D eigenvalue weighted by Gasteiger charge is 2.27. The van der Waals surface area contributed by atoms with Gasteiger partial charge < -0.3 is 29.0 Å².